The van der Waals surface area contributed by atoms with Crippen LogP contribution in [0.5, 0.6) is 0 Å². The Morgan fingerprint density at radius 1 is 0.889 bits per heavy atom. The van der Waals surface area contributed by atoms with E-state index in [1.54, 1.807) is 0 Å². The summed E-state index contributed by atoms with van der Waals surface area (Å²) >= 11 is 5.97. The highest BCUT2D eigenvalue weighted by molar-refractivity contribution is 6.30. The molecular formula is C23H24ClN3. The van der Waals surface area contributed by atoms with Crippen LogP contribution in [0.3, 0.4) is 0 Å². The lowest BCUT2D eigenvalue weighted by molar-refractivity contribution is 0.130. The molecule has 0 radical (unpaired) electrons. The third-order valence-electron chi connectivity index (χ3n) is 5.14. The van der Waals surface area contributed by atoms with E-state index in [0.29, 0.717) is 0 Å². The number of hydrogen-bond acceptors (Lipinski definition) is 3. The molecule has 0 amide bonds. The molecule has 0 N–H and O–H groups in total. The molecule has 3 aromatic rings. The highest BCUT2D eigenvalue weighted by Crippen LogP contribution is 2.20. The zero-order chi connectivity index (χ0) is 18.6. The molecule has 1 fully saturated rings. The molecule has 3 aromatic carbocycles. The van der Waals surface area contributed by atoms with Gasteiger partial charge in [0.2, 0.25) is 0 Å². The highest BCUT2D eigenvalue weighted by Gasteiger charge is 2.16. The molecule has 1 saturated heterocycles. The van der Waals surface area contributed by atoms with Crippen LogP contribution in [0.2, 0.25) is 5.02 Å². The van der Waals surface area contributed by atoms with Crippen molar-refractivity contribution in [2.24, 2.45) is 5.10 Å². The molecule has 1 aliphatic rings. The van der Waals surface area contributed by atoms with Crippen molar-refractivity contribution < 1.29 is 0 Å². The number of benzene rings is 3. The van der Waals surface area contributed by atoms with Crippen molar-refractivity contribution in [2.45, 2.75) is 13.5 Å². The quantitative estimate of drug-likeness (QED) is 0.593. The van der Waals surface area contributed by atoms with Gasteiger partial charge in [-0.25, -0.2) is 0 Å². The third kappa shape index (κ3) is 4.32. The largest absolute Gasteiger partial charge is 0.295 e. The van der Waals surface area contributed by atoms with E-state index in [-0.39, 0.29) is 0 Å². The minimum absolute atomic E-state index is 0.793. The number of hydrogen-bond donors (Lipinski definition) is 0. The Hall–Kier alpha value is -2.36. The smallest absolute Gasteiger partial charge is 0.0652 e. The van der Waals surface area contributed by atoms with Crippen molar-refractivity contribution in [1.82, 2.24) is 9.91 Å². The van der Waals surface area contributed by atoms with Crippen molar-refractivity contribution in [3.8, 4) is 0 Å². The normalized spacial score (nSPS) is 16.1. The summed E-state index contributed by atoms with van der Waals surface area (Å²) in [5.74, 6) is 0. The van der Waals surface area contributed by atoms with Gasteiger partial charge in [0.05, 0.1) is 5.71 Å². The monoisotopic (exact) mass is 377 g/mol. The van der Waals surface area contributed by atoms with E-state index >= 15 is 0 Å². The Morgan fingerprint density at radius 3 is 2.37 bits per heavy atom. The van der Waals surface area contributed by atoms with Gasteiger partial charge in [0, 0.05) is 43.3 Å². The van der Waals surface area contributed by atoms with Gasteiger partial charge in [-0.2, -0.15) is 5.10 Å². The second-order valence-electron chi connectivity index (χ2n) is 7.07. The summed E-state index contributed by atoms with van der Waals surface area (Å²) in [5.41, 5.74) is 3.61. The first kappa shape index (κ1) is 18.0. The SMILES string of the molecule is C/C(=N/N1CCN(Cc2ccc(Cl)cc2)CC1)c1cccc2ccccc12. The van der Waals surface area contributed by atoms with Gasteiger partial charge in [0.25, 0.3) is 0 Å². The molecule has 3 nitrogen and oxygen atoms in total. The van der Waals surface area contributed by atoms with Gasteiger partial charge < -0.3 is 0 Å². The third-order valence-corrected chi connectivity index (χ3v) is 5.39. The topological polar surface area (TPSA) is 18.8 Å². The maximum absolute atomic E-state index is 5.97. The van der Waals surface area contributed by atoms with E-state index in [9.17, 15) is 0 Å². The van der Waals surface area contributed by atoms with Crippen LogP contribution in [0.1, 0.15) is 18.1 Å². The van der Waals surface area contributed by atoms with Crippen LogP contribution >= 0.6 is 11.6 Å². The van der Waals surface area contributed by atoms with Gasteiger partial charge in [0.15, 0.2) is 0 Å². The van der Waals surface area contributed by atoms with Gasteiger partial charge in [-0.3, -0.25) is 9.91 Å². The van der Waals surface area contributed by atoms with E-state index < -0.39 is 0 Å². The van der Waals surface area contributed by atoms with Crippen molar-refractivity contribution in [3.05, 3.63) is 82.9 Å². The van der Waals surface area contributed by atoms with Gasteiger partial charge in [-0.15, -0.1) is 0 Å². The molecule has 4 rings (SSSR count). The van der Waals surface area contributed by atoms with Crippen LogP contribution in [-0.4, -0.2) is 41.8 Å². The Kier molecular flexibility index (Phi) is 5.42. The van der Waals surface area contributed by atoms with E-state index in [4.69, 9.17) is 16.7 Å². The summed E-state index contributed by atoms with van der Waals surface area (Å²) in [6, 6.07) is 23.1. The second-order valence-corrected chi connectivity index (χ2v) is 7.50. The lowest BCUT2D eigenvalue weighted by atomic mass is 10.0. The molecule has 138 valence electrons. The zero-order valence-electron chi connectivity index (χ0n) is 15.6. The zero-order valence-corrected chi connectivity index (χ0v) is 16.4. The molecule has 0 bridgehead atoms. The predicted octanol–water partition coefficient (Wildman–Crippen LogP) is 5.04. The summed E-state index contributed by atoms with van der Waals surface area (Å²) in [4.78, 5) is 2.47. The Balaban J connectivity index is 1.41. The van der Waals surface area contributed by atoms with Crippen molar-refractivity contribution in [3.63, 3.8) is 0 Å². The summed E-state index contributed by atoms with van der Waals surface area (Å²) in [5, 5.41) is 10.4. The summed E-state index contributed by atoms with van der Waals surface area (Å²) in [7, 11) is 0. The molecule has 4 heteroatoms. The van der Waals surface area contributed by atoms with Crippen molar-refractivity contribution >= 4 is 28.1 Å². The second kappa shape index (κ2) is 8.12. The van der Waals surface area contributed by atoms with Crippen LogP contribution in [0.4, 0.5) is 0 Å². The lowest BCUT2D eigenvalue weighted by Crippen LogP contribution is -2.43. The molecule has 0 aromatic heterocycles. The van der Waals surface area contributed by atoms with E-state index in [1.165, 1.54) is 21.9 Å². The minimum atomic E-state index is 0.793. The Labute approximate surface area is 165 Å². The van der Waals surface area contributed by atoms with E-state index in [1.807, 2.05) is 12.1 Å². The fourth-order valence-corrected chi connectivity index (χ4v) is 3.78. The van der Waals surface area contributed by atoms with Crippen LogP contribution in [0, 0.1) is 0 Å². The number of fused-ring (bicyclic) bond motifs is 1. The highest BCUT2D eigenvalue weighted by atomic mass is 35.5. The number of halogens is 1. The average Bonchev–Trinajstić information content (AvgIpc) is 2.71. The Morgan fingerprint density at radius 2 is 1.59 bits per heavy atom. The fourth-order valence-electron chi connectivity index (χ4n) is 3.65. The number of nitrogens with zero attached hydrogens (tertiary/aromatic N) is 3. The van der Waals surface area contributed by atoms with Crippen molar-refractivity contribution in [2.75, 3.05) is 26.2 Å². The van der Waals surface area contributed by atoms with Crippen LogP contribution in [0.25, 0.3) is 10.8 Å². The summed E-state index contributed by atoms with van der Waals surface area (Å²) in [6.07, 6.45) is 0. The molecule has 0 spiro atoms. The maximum atomic E-state index is 5.97. The standard InChI is InChI=1S/C23H24ClN3/c1-18(22-8-4-6-20-5-2-3-7-23(20)22)25-27-15-13-26(14-16-27)17-19-9-11-21(24)12-10-19/h2-12H,13-17H2,1H3/b25-18-. The summed E-state index contributed by atoms with van der Waals surface area (Å²) in [6.45, 7) is 7.04. The number of piperazine rings is 1. The lowest BCUT2D eigenvalue weighted by Gasteiger charge is -2.33. The molecule has 27 heavy (non-hydrogen) atoms. The molecule has 0 atom stereocenters. The van der Waals surface area contributed by atoms with Crippen LogP contribution in [-0.2, 0) is 6.54 Å². The molecule has 0 saturated carbocycles. The minimum Gasteiger partial charge on any atom is -0.295 e. The number of hydrazone groups is 1. The molecule has 0 aliphatic carbocycles. The Bertz CT molecular complexity index is 936. The van der Waals surface area contributed by atoms with Gasteiger partial charge in [0.1, 0.15) is 0 Å². The predicted molar refractivity (Wildman–Crippen MR) is 114 cm³/mol. The van der Waals surface area contributed by atoms with Crippen LogP contribution in [0.15, 0.2) is 71.8 Å². The molecular weight excluding hydrogens is 354 g/mol. The van der Waals surface area contributed by atoms with Gasteiger partial charge in [-0.1, -0.05) is 66.2 Å². The summed E-state index contributed by atoms with van der Waals surface area (Å²) < 4.78 is 0. The first-order chi connectivity index (χ1) is 13.2. The molecule has 0 unspecified atom stereocenters. The average molecular weight is 378 g/mol. The first-order valence-electron chi connectivity index (χ1n) is 9.44. The van der Waals surface area contributed by atoms with E-state index in [2.05, 4.69) is 71.4 Å². The molecule has 1 aliphatic heterocycles. The van der Waals surface area contributed by atoms with Gasteiger partial charge in [-0.05, 0) is 35.4 Å². The maximum Gasteiger partial charge on any atom is 0.0652 e. The fraction of sp³-hybridized carbons (Fsp3) is 0.261. The van der Waals surface area contributed by atoms with E-state index in [0.717, 1.165) is 43.5 Å². The first-order valence-corrected chi connectivity index (χ1v) is 9.82. The molecule has 1 heterocycles. The van der Waals surface area contributed by atoms with Crippen molar-refractivity contribution in [1.29, 1.82) is 0 Å². The van der Waals surface area contributed by atoms with Crippen LogP contribution < -0.4 is 0 Å². The number of rotatable bonds is 4. The van der Waals surface area contributed by atoms with Gasteiger partial charge >= 0.3 is 0 Å².